The van der Waals surface area contributed by atoms with Crippen LogP contribution in [0.1, 0.15) is 25.3 Å². The Morgan fingerprint density at radius 2 is 2.30 bits per heavy atom. The van der Waals surface area contributed by atoms with Gasteiger partial charge in [-0.3, -0.25) is 15.0 Å². The first-order chi connectivity index (χ1) is 9.60. The lowest BCUT2D eigenvalue weighted by Gasteiger charge is -2.33. The van der Waals surface area contributed by atoms with Crippen molar-refractivity contribution in [1.82, 2.24) is 10.2 Å². The summed E-state index contributed by atoms with van der Waals surface area (Å²) in [6.45, 7) is 5.41. The topological polar surface area (TPSA) is 58.4 Å². The number of nitro groups is 1. The van der Waals surface area contributed by atoms with Gasteiger partial charge in [0, 0.05) is 25.2 Å². The van der Waals surface area contributed by atoms with Crippen molar-refractivity contribution in [1.29, 1.82) is 0 Å². The Hall–Kier alpha value is -1.53. The molecule has 1 fully saturated rings. The molecule has 0 saturated carbocycles. The molecule has 20 heavy (non-hydrogen) atoms. The fourth-order valence-electron chi connectivity index (χ4n) is 2.71. The van der Waals surface area contributed by atoms with E-state index in [1.807, 2.05) is 0 Å². The second-order valence-electron chi connectivity index (χ2n) is 5.14. The quantitative estimate of drug-likeness (QED) is 0.664. The van der Waals surface area contributed by atoms with Gasteiger partial charge < -0.3 is 5.32 Å². The van der Waals surface area contributed by atoms with Crippen LogP contribution >= 0.6 is 0 Å². The van der Waals surface area contributed by atoms with Gasteiger partial charge in [-0.25, -0.2) is 4.39 Å². The highest BCUT2D eigenvalue weighted by Gasteiger charge is 2.20. The van der Waals surface area contributed by atoms with Crippen LogP contribution in [0.25, 0.3) is 0 Å². The molecule has 1 aromatic carbocycles. The van der Waals surface area contributed by atoms with Crippen molar-refractivity contribution in [2.75, 3.05) is 19.6 Å². The molecule has 5 nitrogen and oxygen atoms in total. The molecule has 0 aliphatic carbocycles. The number of non-ortho nitro benzene ring substituents is 1. The number of halogens is 1. The second-order valence-corrected chi connectivity index (χ2v) is 5.14. The Labute approximate surface area is 117 Å². The molecule has 0 bridgehead atoms. The molecular weight excluding hydrogens is 261 g/mol. The number of nitrogens with zero attached hydrogens (tertiary/aromatic N) is 2. The number of hydrogen-bond acceptors (Lipinski definition) is 4. The number of benzene rings is 1. The molecule has 110 valence electrons. The average molecular weight is 281 g/mol. The van der Waals surface area contributed by atoms with Crippen LogP contribution in [0.4, 0.5) is 10.1 Å². The zero-order valence-electron chi connectivity index (χ0n) is 11.6. The van der Waals surface area contributed by atoms with E-state index in [1.165, 1.54) is 12.1 Å². The van der Waals surface area contributed by atoms with E-state index in [9.17, 15) is 14.5 Å². The number of likely N-dealkylation sites (N-methyl/N-ethyl adjacent to an activating group) is 1. The molecule has 1 heterocycles. The minimum absolute atomic E-state index is 0.183. The summed E-state index contributed by atoms with van der Waals surface area (Å²) in [4.78, 5) is 12.5. The van der Waals surface area contributed by atoms with Crippen LogP contribution in [-0.2, 0) is 6.54 Å². The van der Waals surface area contributed by atoms with Gasteiger partial charge in [0.05, 0.1) is 11.0 Å². The highest BCUT2D eigenvalue weighted by atomic mass is 19.1. The van der Waals surface area contributed by atoms with Gasteiger partial charge in [0.15, 0.2) is 0 Å². The highest BCUT2D eigenvalue weighted by molar-refractivity contribution is 5.35. The Morgan fingerprint density at radius 1 is 1.50 bits per heavy atom. The molecule has 1 aromatic rings. The molecule has 0 radical (unpaired) electrons. The maximum atomic E-state index is 13.4. The number of nitro benzene ring substituents is 1. The van der Waals surface area contributed by atoms with Crippen molar-refractivity contribution in [3.63, 3.8) is 0 Å². The van der Waals surface area contributed by atoms with Gasteiger partial charge in [-0.2, -0.15) is 0 Å². The molecule has 1 aliphatic heterocycles. The Balaban J connectivity index is 2.12. The first kappa shape index (κ1) is 14.9. The standard InChI is InChI=1S/C14H20FN3O2/c1-2-17(13-4-3-5-16-9-13)10-11-6-12(15)8-14(7-11)18(19)20/h6-8,13,16H,2-5,9-10H2,1H3. The van der Waals surface area contributed by atoms with Crippen molar-refractivity contribution >= 4 is 5.69 Å². The summed E-state index contributed by atoms with van der Waals surface area (Å²) in [7, 11) is 0. The summed E-state index contributed by atoms with van der Waals surface area (Å²) in [6, 6.07) is 4.21. The molecule has 1 unspecified atom stereocenters. The molecule has 0 amide bonds. The van der Waals surface area contributed by atoms with Gasteiger partial charge in [-0.05, 0) is 37.6 Å². The Bertz CT molecular complexity index is 475. The van der Waals surface area contributed by atoms with Gasteiger partial charge in [0.1, 0.15) is 5.82 Å². The van der Waals surface area contributed by atoms with Gasteiger partial charge >= 0.3 is 0 Å². The minimum Gasteiger partial charge on any atom is -0.315 e. The average Bonchev–Trinajstić information content (AvgIpc) is 2.45. The Morgan fingerprint density at radius 3 is 2.90 bits per heavy atom. The summed E-state index contributed by atoms with van der Waals surface area (Å²) in [6.07, 6.45) is 2.24. The van der Waals surface area contributed by atoms with Crippen molar-refractivity contribution in [3.8, 4) is 0 Å². The van der Waals surface area contributed by atoms with E-state index in [2.05, 4.69) is 17.1 Å². The molecule has 2 rings (SSSR count). The summed E-state index contributed by atoms with van der Waals surface area (Å²) in [5.41, 5.74) is 0.474. The maximum Gasteiger partial charge on any atom is 0.272 e. The summed E-state index contributed by atoms with van der Waals surface area (Å²) < 4.78 is 13.4. The number of rotatable bonds is 5. The summed E-state index contributed by atoms with van der Waals surface area (Å²) >= 11 is 0. The van der Waals surface area contributed by atoms with Crippen LogP contribution in [0.15, 0.2) is 18.2 Å². The zero-order valence-corrected chi connectivity index (χ0v) is 11.6. The minimum atomic E-state index is -0.551. The normalized spacial score (nSPS) is 19.2. The number of piperidine rings is 1. The van der Waals surface area contributed by atoms with E-state index in [0.717, 1.165) is 38.5 Å². The van der Waals surface area contributed by atoms with Gasteiger partial charge in [-0.1, -0.05) is 6.92 Å². The van der Waals surface area contributed by atoms with Crippen molar-refractivity contribution < 1.29 is 9.31 Å². The van der Waals surface area contributed by atoms with Crippen LogP contribution in [0, 0.1) is 15.9 Å². The zero-order chi connectivity index (χ0) is 14.5. The summed E-state index contributed by atoms with van der Waals surface area (Å²) in [5, 5.41) is 14.1. The monoisotopic (exact) mass is 281 g/mol. The van der Waals surface area contributed by atoms with Crippen molar-refractivity contribution in [3.05, 3.63) is 39.7 Å². The fourth-order valence-corrected chi connectivity index (χ4v) is 2.71. The molecule has 1 N–H and O–H groups in total. The lowest BCUT2D eigenvalue weighted by Crippen LogP contribution is -2.45. The molecule has 1 aliphatic rings. The Kier molecular flexibility index (Phi) is 5.03. The third-order valence-electron chi connectivity index (χ3n) is 3.73. The lowest BCUT2D eigenvalue weighted by molar-refractivity contribution is -0.385. The van der Waals surface area contributed by atoms with Crippen molar-refractivity contribution in [2.45, 2.75) is 32.4 Å². The first-order valence-corrected chi connectivity index (χ1v) is 6.98. The third kappa shape index (κ3) is 3.74. The summed E-state index contributed by atoms with van der Waals surface area (Å²) in [5.74, 6) is -0.549. The fraction of sp³-hybridized carbons (Fsp3) is 0.571. The van der Waals surface area contributed by atoms with Crippen LogP contribution in [0.2, 0.25) is 0 Å². The molecule has 0 spiro atoms. The van der Waals surface area contributed by atoms with Crippen LogP contribution in [0.3, 0.4) is 0 Å². The predicted octanol–water partition coefficient (Wildman–Crippen LogP) is 2.31. The van der Waals surface area contributed by atoms with Gasteiger partial charge in [0.25, 0.3) is 5.69 Å². The third-order valence-corrected chi connectivity index (χ3v) is 3.73. The van der Waals surface area contributed by atoms with Crippen LogP contribution < -0.4 is 5.32 Å². The lowest BCUT2D eigenvalue weighted by atomic mass is 10.0. The first-order valence-electron chi connectivity index (χ1n) is 6.98. The number of nitrogens with one attached hydrogen (secondary N) is 1. The van der Waals surface area contributed by atoms with Gasteiger partial charge in [0.2, 0.25) is 0 Å². The highest BCUT2D eigenvalue weighted by Crippen LogP contribution is 2.20. The number of hydrogen-bond donors (Lipinski definition) is 1. The van der Waals surface area contributed by atoms with E-state index in [4.69, 9.17) is 0 Å². The largest absolute Gasteiger partial charge is 0.315 e. The van der Waals surface area contributed by atoms with E-state index in [-0.39, 0.29) is 5.69 Å². The van der Waals surface area contributed by atoms with Crippen LogP contribution in [0.5, 0.6) is 0 Å². The van der Waals surface area contributed by atoms with Gasteiger partial charge in [-0.15, -0.1) is 0 Å². The smallest absolute Gasteiger partial charge is 0.272 e. The molecule has 1 saturated heterocycles. The van der Waals surface area contributed by atoms with E-state index < -0.39 is 10.7 Å². The second kappa shape index (κ2) is 6.76. The van der Waals surface area contributed by atoms with E-state index in [0.29, 0.717) is 18.2 Å². The van der Waals surface area contributed by atoms with E-state index in [1.54, 1.807) is 0 Å². The van der Waals surface area contributed by atoms with Crippen LogP contribution in [-0.4, -0.2) is 35.5 Å². The SMILES string of the molecule is CCN(Cc1cc(F)cc([N+](=O)[O-])c1)C1CCCNC1. The molecule has 0 aromatic heterocycles. The molecular formula is C14H20FN3O2. The van der Waals surface area contributed by atoms with Crippen molar-refractivity contribution in [2.24, 2.45) is 0 Å². The molecule has 1 atom stereocenters. The maximum absolute atomic E-state index is 13.4. The van der Waals surface area contributed by atoms with E-state index >= 15 is 0 Å². The molecule has 6 heteroatoms. The predicted molar refractivity (Wildman–Crippen MR) is 75.0 cm³/mol.